The molecular formula is C23H28NP. The van der Waals surface area contributed by atoms with Crippen LogP contribution in [0.5, 0.6) is 0 Å². The lowest BCUT2D eigenvalue weighted by atomic mass is 9.99. The number of nitrogens with one attached hydrogen (secondary N) is 1. The van der Waals surface area contributed by atoms with Gasteiger partial charge >= 0.3 is 0 Å². The van der Waals surface area contributed by atoms with Gasteiger partial charge in [-0.05, 0) is 51.5 Å². The molecule has 1 aliphatic rings. The number of allylic oxidation sites excluding steroid dienone is 2. The SMILES string of the molecule is C[C@@H](NC(C)(C)C)C1C=CC=C1P(c1ccccc1)c1ccccc1. The summed E-state index contributed by atoms with van der Waals surface area (Å²) in [6, 6.07) is 22.3. The van der Waals surface area contributed by atoms with Crippen LogP contribution in [0.2, 0.25) is 0 Å². The first kappa shape index (κ1) is 18.1. The van der Waals surface area contributed by atoms with Crippen molar-refractivity contribution < 1.29 is 0 Å². The maximum absolute atomic E-state index is 3.77. The minimum Gasteiger partial charge on any atom is -0.309 e. The molecule has 0 aromatic heterocycles. The van der Waals surface area contributed by atoms with E-state index in [1.807, 2.05) is 0 Å². The minimum atomic E-state index is -0.507. The topological polar surface area (TPSA) is 12.0 Å². The second kappa shape index (κ2) is 7.68. The molecule has 0 saturated carbocycles. The van der Waals surface area contributed by atoms with Crippen LogP contribution in [-0.2, 0) is 0 Å². The highest BCUT2D eigenvalue weighted by Gasteiger charge is 2.30. The molecule has 130 valence electrons. The van der Waals surface area contributed by atoms with Crippen molar-refractivity contribution in [3.63, 3.8) is 0 Å². The van der Waals surface area contributed by atoms with Crippen molar-refractivity contribution in [2.45, 2.75) is 39.3 Å². The Hall–Kier alpha value is -1.69. The molecule has 2 heteroatoms. The molecule has 0 amide bonds. The number of hydrogen-bond donors (Lipinski definition) is 1. The first-order valence-corrected chi connectivity index (χ1v) is 10.4. The van der Waals surface area contributed by atoms with Crippen molar-refractivity contribution in [1.82, 2.24) is 5.32 Å². The zero-order valence-electron chi connectivity index (χ0n) is 15.6. The molecule has 2 aromatic carbocycles. The minimum absolute atomic E-state index is 0.114. The highest BCUT2D eigenvalue weighted by molar-refractivity contribution is 7.76. The zero-order chi connectivity index (χ0) is 17.9. The smallest absolute Gasteiger partial charge is 0.0183 e. The standard InChI is InChI=1S/C23H28NP/c1-18(24-23(2,3)4)21-16-11-17-22(21)25(19-12-7-5-8-13-19)20-14-9-6-10-15-20/h5-18,21,24H,1-4H3/t18-,21?/m1/s1. The van der Waals surface area contributed by atoms with Gasteiger partial charge in [-0.25, -0.2) is 0 Å². The maximum Gasteiger partial charge on any atom is 0.0183 e. The van der Waals surface area contributed by atoms with Crippen molar-refractivity contribution in [2.75, 3.05) is 0 Å². The van der Waals surface area contributed by atoms with Crippen LogP contribution >= 0.6 is 7.92 Å². The summed E-state index contributed by atoms with van der Waals surface area (Å²) in [5.41, 5.74) is 0.114. The molecule has 1 aliphatic carbocycles. The summed E-state index contributed by atoms with van der Waals surface area (Å²) < 4.78 is 0. The molecule has 1 N–H and O–H groups in total. The van der Waals surface area contributed by atoms with E-state index in [-0.39, 0.29) is 5.54 Å². The fourth-order valence-electron chi connectivity index (χ4n) is 3.50. The van der Waals surface area contributed by atoms with Crippen LogP contribution in [0.1, 0.15) is 27.7 Å². The van der Waals surface area contributed by atoms with Crippen LogP contribution < -0.4 is 15.9 Å². The number of benzene rings is 2. The first-order valence-electron chi connectivity index (χ1n) is 9.02. The quantitative estimate of drug-likeness (QED) is 0.752. The fourth-order valence-corrected chi connectivity index (χ4v) is 6.18. The van der Waals surface area contributed by atoms with Gasteiger partial charge in [0.15, 0.2) is 0 Å². The Labute approximate surface area is 153 Å². The molecule has 0 fully saturated rings. The Balaban J connectivity index is 1.96. The first-order chi connectivity index (χ1) is 12.0. The van der Waals surface area contributed by atoms with Crippen LogP contribution in [0.4, 0.5) is 0 Å². The van der Waals surface area contributed by atoms with E-state index in [1.54, 1.807) is 0 Å². The lowest BCUT2D eigenvalue weighted by Gasteiger charge is -2.33. The van der Waals surface area contributed by atoms with E-state index in [4.69, 9.17) is 0 Å². The third kappa shape index (κ3) is 4.48. The molecule has 1 nitrogen and oxygen atoms in total. The predicted molar refractivity (Wildman–Crippen MR) is 112 cm³/mol. The monoisotopic (exact) mass is 349 g/mol. The molecule has 0 heterocycles. The predicted octanol–water partition coefficient (Wildman–Crippen LogP) is 4.97. The van der Waals surface area contributed by atoms with Gasteiger partial charge in [0.05, 0.1) is 0 Å². The highest BCUT2D eigenvalue weighted by Crippen LogP contribution is 2.49. The van der Waals surface area contributed by atoms with Crippen LogP contribution in [0.25, 0.3) is 0 Å². The third-order valence-corrected chi connectivity index (χ3v) is 7.01. The third-order valence-electron chi connectivity index (χ3n) is 4.41. The number of hydrogen-bond acceptors (Lipinski definition) is 1. The van der Waals surface area contributed by atoms with Gasteiger partial charge < -0.3 is 5.32 Å². The Bertz CT molecular complexity index is 701. The van der Waals surface area contributed by atoms with Crippen molar-refractivity contribution in [3.05, 3.63) is 84.2 Å². The molecule has 25 heavy (non-hydrogen) atoms. The Morgan fingerprint density at radius 2 is 1.40 bits per heavy atom. The van der Waals surface area contributed by atoms with E-state index in [0.717, 1.165) is 0 Å². The Morgan fingerprint density at radius 3 is 1.88 bits per heavy atom. The summed E-state index contributed by atoms with van der Waals surface area (Å²) in [6.07, 6.45) is 6.94. The van der Waals surface area contributed by atoms with Gasteiger partial charge in [-0.1, -0.05) is 78.9 Å². The molecule has 2 aromatic rings. The molecule has 3 rings (SSSR count). The fraction of sp³-hybridized carbons (Fsp3) is 0.304. The van der Waals surface area contributed by atoms with Crippen molar-refractivity contribution in [1.29, 1.82) is 0 Å². The average Bonchev–Trinajstić information content (AvgIpc) is 3.05. The van der Waals surface area contributed by atoms with Crippen molar-refractivity contribution in [2.24, 2.45) is 5.92 Å². The van der Waals surface area contributed by atoms with E-state index in [2.05, 4.69) is 112 Å². The summed E-state index contributed by atoms with van der Waals surface area (Å²) >= 11 is 0. The molecular weight excluding hydrogens is 321 g/mol. The second-order valence-electron chi connectivity index (χ2n) is 7.69. The van der Waals surface area contributed by atoms with Crippen LogP contribution in [0.15, 0.2) is 84.2 Å². The van der Waals surface area contributed by atoms with Gasteiger partial charge in [-0.15, -0.1) is 0 Å². The van der Waals surface area contributed by atoms with E-state index < -0.39 is 7.92 Å². The van der Waals surface area contributed by atoms with Gasteiger partial charge in [-0.2, -0.15) is 0 Å². The molecule has 0 spiro atoms. The summed E-state index contributed by atoms with van der Waals surface area (Å²) in [5.74, 6) is 0.436. The lowest BCUT2D eigenvalue weighted by molar-refractivity contribution is 0.347. The molecule has 0 radical (unpaired) electrons. The Kier molecular flexibility index (Phi) is 5.57. The Morgan fingerprint density at radius 1 is 0.880 bits per heavy atom. The molecule has 0 bridgehead atoms. The lowest BCUT2D eigenvalue weighted by Crippen LogP contribution is -2.45. The van der Waals surface area contributed by atoms with E-state index in [0.29, 0.717) is 12.0 Å². The largest absolute Gasteiger partial charge is 0.309 e. The molecule has 0 saturated heterocycles. The summed E-state index contributed by atoms with van der Waals surface area (Å²) in [4.78, 5) is 0. The highest BCUT2D eigenvalue weighted by atomic mass is 31.1. The van der Waals surface area contributed by atoms with Gasteiger partial charge in [0.25, 0.3) is 0 Å². The van der Waals surface area contributed by atoms with E-state index >= 15 is 0 Å². The van der Waals surface area contributed by atoms with Crippen molar-refractivity contribution in [3.8, 4) is 0 Å². The van der Waals surface area contributed by atoms with Gasteiger partial charge in [0, 0.05) is 17.5 Å². The van der Waals surface area contributed by atoms with Gasteiger partial charge in [0.2, 0.25) is 0 Å². The van der Waals surface area contributed by atoms with Crippen LogP contribution in [0, 0.1) is 5.92 Å². The van der Waals surface area contributed by atoms with E-state index in [1.165, 1.54) is 15.9 Å². The van der Waals surface area contributed by atoms with Crippen molar-refractivity contribution >= 4 is 18.5 Å². The summed E-state index contributed by atoms with van der Waals surface area (Å²) in [7, 11) is -0.507. The van der Waals surface area contributed by atoms with Crippen LogP contribution in [0.3, 0.4) is 0 Å². The van der Waals surface area contributed by atoms with Gasteiger partial charge in [0.1, 0.15) is 0 Å². The molecule has 1 unspecified atom stereocenters. The van der Waals surface area contributed by atoms with Crippen LogP contribution in [-0.4, -0.2) is 11.6 Å². The summed E-state index contributed by atoms with van der Waals surface area (Å²) in [6.45, 7) is 9.02. The average molecular weight is 349 g/mol. The molecule has 2 atom stereocenters. The molecule has 0 aliphatic heterocycles. The normalized spacial score (nSPS) is 18.4. The zero-order valence-corrected chi connectivity index (χ0v) is 16.5. The maximum atomic E-state index is 3.77. The number of rotatable bonds is 5. The van der Waals surface area contributed by atoms with Gasteiger partial charge in [-0.3, -0.25) is 0 Å². The summed E-state index contributed by atoms with van der Waals surface area (Å²) in [5, 5.41) is 8.15. The second-order valence-corrected chi connectivity index (χ2v) is 9.91. The van der Waals surface area contributed by atoms with E-state index in [9.17, 15) is 0 Å².